The van der Waals surface area contributed by atoms with Crippen LogP contribution in [0.3, 0.4) is 0 Å². The van der Waals surface area contributed by atoms with Crippen LogP contribution in [0.4, 0.5) is 17.6 Å². The molecular weight excluding hydrogens is 1110 g/mol. The third-order valence-electron chi connectivity index (χ3n) is 11.9. The Hall–Kier alpha value is -4.38. The minimum absolute atomic E-state index is 0.0235. The number of benzene rings is 4. The van der Waals surface area contributed by atoms with Gasteiger partial charge in [0.05, 0.1) is 85.0 Å². The fourth-order valence-electron chi connectivity index (χ4n) is 7.56. The van der Waals surface area contributed by atoms with Crippen LogP contribution in [0.15, 0.2) is 84.2 Å². The molecule has 5 heterocycles. The van der Waals surface area contributed by atoms with Gasteiger partial charge in [0.25, 0.3) is 0 Å². The van der Waals surface area contributed by atoms with Crippen molar-refractivity contribution in [3.63, 3.8) is 0 Å². The highest BCUT2D eigenvalue weighted by atomic mass is 79.9. The van der Waals surface area contributed by atoms with Crippen molar-refractivity contribution >= 4 is 116 Å². The molecule has 0 bridgehead atoms. The summed E-state index contributed by atoms with van der Waals surface area (Å²) in [5.74, 6) is -3.69. The number of H-pyrrole nitrogens is 2. The Morgan fingerprint density at radius 1 is 0.600 bits per heavy atom. The zero-order valence-corrected chi connectivity index (χ0v) is 44.4. The molecule has 4 aromatic heterocycles. The maximum absolute atomic E-state index is 14.1. The van der Waals surface area contributed by atoms with Gasteiger partial charge in [0.1, 0.15) is 34.8 Å². The van der Waals surface area contributed by atoms with Gasteiger partial charge >= 0.3 is 7.12 Å². The Kier molecular flexibility index (Phi) is 15.2. The lowest BCUT2D eigenvalue weighted by molar-refractivity contribution is 0.00578. The van der Waals surface area contributed by atoms with Crippen LogP contribution in [0.1, 0.15) is 61.7 Å². The van der Waals surface area contributed by atoms with E-state index in [1.807, 2.05) is 41.5 Å². The molecule has 1 saturated heterocycles. The lowest BCUT2D eigenvalue weighted by Crippen LogP contribution is -2.41. The maximum atomic E-state index is 14.1. The van der Waals surface area contributed by atoms with Gasteiger partial charge in [-0.3, -0.25) is 0 Å². The molecule has 0 aliphatic carbocycles. The van der Waals surface area contributed by atoms with Crippen LogP contribution in [0.2, 0.25) is 20.1 Å². The molecule has 24 heteroatoms. The van der Waals surface area contributed by atoms with Crippen LogP contribution in [-0.4, -0.2) is 55.4 Å². The summed E-state index contributed by atoms with van der Waals surface area (Å²) in [6.45, 7) is 15.4. The molecule has 370 valence electrons. The van der Waals surface area contributed by atoms with Crippen LogP contribution < -0.4 is 5.46 Å². The number of fused-ring (bicyclic) bond motifs is 2. The maximum Gasteiger partial charge on any atom is 0.500 e. The van der Waals surface area contributed by atoms with Crippen molar-refractivity contribution in [2.75, 3.05) is 0 Å². The van der Waals surface area contributed by atoms with Crippen molar-refractivity contribution < 1.29 is 52.8 Å². The number of aromatic amines is 2. The summed E-state index contributed by atoms with van der Waals surface area (Å²) in [7, 11) is -8.33. The van der Waals surface area contributed by atoms with Crippen molar-refractivity contribution in [1.29, 1.82) is 0 Å². The number of halogens is 9. The van der Waals surface area contributed by atoms with E-state index in [4.69, 9.17) is 64.8 Å². The first-order valence-electron chi connectivity index (χ1n) is 20.7. The van der Waals surface area contributed by atoms with Crippen LogP contribution in [0, 0.1) is 51.0 Å². The molecule has 4 aromatic carbocycles. The second kappa shape index (κ2) is 19.9. The molecule has 0 unspecified atom stereocenters. The summed E-state index contributed by atoms with van der Waals surface area (Å²) in [6, 6.07) is 9.31. The zero-order valence-electron chi connectivity index (χ0n) is 38.1. The SMILES string of the molecule is Cc1noc(C)c1-c1c(Cl)ccc2c(S(=O)(=O)Cc3cc(F)c(Cl)cc3F)c[nH]c12.Cc1noc(C)c1B1OC(C)(C)C(C)(C)O1.O=S(=O)(Cc1cc(F)c(Cl)cc1F)c1c[nH]c2c(Br)c(Cl)ccc12. The van der Waals surface area contributed by atoms with Gasteiger partial charge in [-0.25, -0.2) is 34.4 Å². The fraction of sp³-hybridized carbons (Fsp3) is 0.261. The average molecular weight is 1150 g/mol. The Labute approximate surface area is 428 Å². The van der Waals surface area contributed by atoms with Crippen LogP contribution >= 0.6 is 62.3 Å². The van der Waals surface area contributed by atoms with Gasteiger partial charge < -0.3 is 28.3 Å². The van der Waals surface area contributed by atoms with E-state index in [2.05, 4.69) is 36.2 Å². The van der Waals surface area contributed by atoms with E-state index in [1.165, 1.54) is 12.4 Å². The van der Waals surface area contributed by atoms with E-state index in [9.17, 15) is 34.4 Å². The first kappa shape index (κ1) is 53.4. The zero-order chi connectivity index (χ0) is 51.6. The molecule has 1 fully saturated rings. The number of aromatic nitrogens is 4. The number of aryl methyl sites for hydroxylation is 4. The van der Waals surface area contributed by atoms with E-state index < -0.39 is 64.5 Å². The highest BCUT2D eigenvalue weighted by Gasteiger charge is 2.53. The van der Waals surface area contributed by atoms with Crippen molar-refractivity contribution in [2.45, 2.75) is 87.9 Å². The van der Waals surface area contributed by atoms with Gasteiger partial charge in [0.15, 0.2) is 19.7 Å². The highest BCUT2D eigenvalue weighted by Crippen LogP contribution is 2.41. The normalized spacial score (nSPS) is 14.5. The molecule has 0 radical (unpaired) electrons. The number of hydrogen-bond donors (Lipinski definition) is 2. The second-order valence-electron chi connectivity index (χ2n) is 17.2. The molecule has 0 spiro atoms. The Morgan fingerprint density at radius 3 is 1.50 bits per heavy atom. The summed E-state index contributed by atoms with van der Waals surface area (Å²) < 4.78 is 129. The second-order valence-corrected chi connectivity index (χ2v) is 23.5. The molecule has 0 atom stereocenters. The molecule has 0 amide bonds. The molecule has 1 aliphatic heterocycles. The molecule has 0 saturated carbocycles. The number of hydrogen-bond acceptors (Lipinski definition) is 10. The van der Waals surface area contributed by atoms with Crippen molar-refractivity contribution in [2.24, 2.45) is 0 Å². The van der Waals surface area contributed by atoms with Gasteiger partial charge in [0, 0.05) is 45.3 Å². The summed E-state index contributed by atoms with van der Waals surface area (Å²) in [6.07, 6.45) is 2.60. The minimum atomic E-state index is -4.03. The fourth-order valence-corrected chi connectivity index (χ4v) is 11.8. The molecule has 2 N–H and O–H groups in total. The van der Waals surface area contributed by atoms with Crippen molar-refractivity contribution in [1.82, 2.24) is 20.3 Å². The van der Waals surface area contributed by atoms with E-state index in [1.54, 1.807) is 38.1 Å². The van der Waals surface area contributed by atoms with Crippen molar-refractivity contribution in [3.8, 4) is 11.1 Å². The van der Waals surface area contributed by atoms with Gasteiger partial charge in [-0.2, -0.15) is 0 Å². The number of rotatable bonds is 8. The largest absolute Gasteiger partial charge is 0.500 e. The van der Waals surface area contributed by atoms with Gasteiger partial charge in [-0.1, -0.05) is 56.7 Å². The molecule has 9 rings (SSSR count). The lowest BCUT2D eigenvalue weighted by Gasteiger charge is -2.32. The van der Waals surface area contributed by atoms with Gasteiger partial charge in [0.2, 0.25) is 0 Å². The third-order valence-corrected chi connectivity index (χ3v) is 17.5. The summed E-state index contributed by atoms with van der Waals surface area (Å²) in [5, 5.41) is 8.59. The number of nitrogens with one attached hydrogen (secondary N) is 2. The summed E-state index contributed by atoms with van der Waals surface area (Å²) in [4.78, 5) is 5.69. The average Bonchev–Trinajstić information content (AvgIpc) is 4.09. The summed E-state index contributed by atoms with van der Waals surface area (Å²) in [5.41, 5.74) is 3.27. The predicted molar refractivity (Wildman–Crippen MR) is 265 cm³/mol. The van der Waals surface area contributed by atoms with Gasteiger partial charge in [-0.15, -0.1) is 0 Å². The molecular formula is C46H40BBrCl4F4N4O8S2. The molecule has 70 heavy (non-hydrogen) atoms. The Morgan fingerprint density at radius 2 is 1.04 bits per heavy atom. The first-order valence-corrected chi connectivity index (χ1v) is 26.3. The van der Waals surface area contributed by atoms with Gasteiger partial charge in [-0.05, 0) is 120 Å². The van der Waals surface area contributed by atoms with E-state index >= 15 is 0 Å². The van der Waals surface area contributed by atoms with Crippen LogP contribution in [-0.2, 0) is 40.5 Å². The van der Waals surface area contributed by atoms with E-state index in [-0.39, 0.29) is 39.2 Å². The quantitative estimate of drug-likeness (QED) is 0.0848. The smallest absolute Gasteiger partial charge is 0.399 e. The third kappa shape index (κ3) is 10.4. The minimum Gasteiger partial charge on any atom is -0.399 e. The first-order chi connectivity index (χ1) is 32.5. The highest BCUT2D eigenvalue weighted by molar-refractivity contribution is 9.10. The lowest BCUT2D eigenvalue weighted by atomic mass is 9.77. The molecule has 8 aromatic rings. The standard InChI is InChI=1S/C20H14Cl2F2N2O3S.C15H8BrCl2F2NO2S.C11H18BNO3/c1-9-18(10(2)29-26-9)19-13(21)4-3-12-17(7-25-20(12)19)30(27,28)8-11-5-16(24)14(22)6-15(11)23;16-14-9(17)2-1-8-13(5-21-15(8)14)24(22,23)6-7-3-12(20)10(18)4-11(7)19;1-7-9(8(2)14-13-7)12-15-10(3,4)11(5,6)16-12/h3-7,25H,8H2,1-2H3;1-5,21H,6H2;1-6H3. The topological polar surface area (TPSA) is 170 Å². The van der Waals surface area contributed by atoms with Crippen molar-refractivity contribution in [3.05, 3.63) is 143 Å². The Balaban J connectivity index is 0.000000162. The number of sulfone groups is 2. The molecule has 1 aliphatic rings. The monoisotopic (exact) mass is 1150 g/mol. The van der Waals surface area contributed by atoms with Crippen LogP contribution in [0.25, 0.3) is 32.9 Å². The number of nitrogens with zero attached hydrogens (tertiary/aromatic N) is 2. The van der Waals surface area contributed by atoms with Crippen LogP contribution in [0.5, 0.6) is 0 Å². The Bertz CT molecular complexity index is 3530. The summed E-state index contributed by atoms with van der Waals surface area (Å²) >= 11 is 26.7. The molecule has 12 nitrogen and oxygen atoms in total. The van der Waals surface area contributed by atoms with E-state index in [0.717, 1.165) is 41.2 Å². The van der Waals surface area contributed by atoms with E-state index in [0.29, 0.717) is 58.9 Å². The predicted octanol–water partition coefficient (Wildman–Crippen LogP) is 13.1.